The molecule has 0 fully saturated rings. The van der Waals surface area contributed by atoms with Crippen LogP contribution in [0.25, 0.3) is 10.2 Å². The van der Waals surface area contributed by atoms with Crippen LogP contribution >= 0.6 is 11.3 Å². The number of rotatable bonds is 6. The SMILES string of the molecule is COCCn1c(=NC(=O)c2cc([N+](=O)[O-])cc([N+](=O)[O-])c2)sc2c(C)cc(C)cc21. The number of aryl methyl sites for hydroxylation is 2. The third kappa shape index (κ3) is 4.26. The molecule has 30 heavy (non-hydrogen) atoms. The van der Waals surface area contributed by atoms with Crippen molar-refractivity contribution >= 4 is 38.8 Å². The Morgan fingerprint density at radius 1 is 1.10 bits per heavy atom. The number of carbonyl (C=O) groups excluding carboxylic acids is 1. The summed E-state index contributed by atoms with van der Waals surface area (Å²) >= 11 is 1.31. The molecular formula is C19H18N4O6S. The molecule has 11 heteroatoms. The van der Waals surface area contributed by atoms with Crippen molar-refractivity contribution in [3.05, 3.63) is 72.1 Å². The van der Waals surface area contributed by atoms with E-state index < -0.39 is 27.1 Å². The molecule has 3 aromatic rings. The summed E-state index contributed by atoms with van der Waals surface area (Å²) in [6.07, 6.45) is 0. The lowest BCUT2D eigenvalue weighted by Crippen LogP contribution is -2.19. The number of nitro groups is 2. The van der Waals surface area contributed by atoms with E-state index in [-0.39, 0.29) is 5.56 Å². The van der Waals surface area contributed by atoms with Gasteiger partial charge in [0.1, 0.15) is 0 Å². The standard InChI is InChI=1S/C19H18N4O6S/c1-11-6-12(2)17-16(7-11)21(4-5-29-3)19(30-17)20-18(24)13-8-14(22(25)26)10-15(9-13)23(27)28/h6-10H,4-5H2,1-3H3. The maximum atomic E-state index is 12.8. The summed E-state index contributed by atoms with van der Waals surface area (Å²) in [7, 11) is 1.57. The van der Waals surface area contributed by atoms with Crippen molar-refractivity contribution < 1.29 is 19.4 Å². The number of non-ortho nitro benzene ring substituents is 2. The second-order valence-corrected chi connectivity index (χ2v) is 7.61. The molecule has 0 spiro atoms. The number of amides is 1. The summed E-state index contributed by atoms with van der Waals surface area (Å²) in [4.78, 5) is 37.9. The summed E-state index contributed by atoms with van der Waals surface area (Å²) in [5.74, 6) is -0.797. The Balaban J connectivity index is 2.19. The van der Waals surface area contributed by atoms with Gasteiger partial charge in [-0.2, -0.15) is 4.99 Å². The number of methoxy groups -OCH3 is 1. The van der Waals surface area contributed by atoms with Gasteiger partial charge in [0.2, 0.25) is 0 Å². The molecule has 1 heterocycles. The molecule has 0 N–H and O–H groups in total. The van der Waals surface area contributed by atoms with Gasteiger partial charge in [-0.3, -0.25) is 25.0 Å². The average Bonchev–Trinajstić information content (AvgIpc) is 3.03. The van der Waals surface area contributed by atoms with Crippen molar-refractivity contribution in [3.63, 3.8) is 0 Å². The van der Waals surface area contributed by atoms with Crippen LogP contribution in [-0.2, 0) is 11.3 Å². The van der Waals surface area contributed by atoms with E-state index in [2.05, 4.69) is 4.99 Å². The highest BCUT2D eigenvalue weighted by molar-refractivity contribution is 7.16. The van der Waals surface area contributed by atoms with Gasteiger partial charge in [0.05, 0.1) is 38.3 Å². The summed E-state index contributed by atoms with van der Waals surface area (Å²) in [5.41, 5.74) is 1.67. The first-order chi connectivity index (χ1) is 14.2. The van der Waals surface area contributed by atoms with Crippen LogP contribution in [-0.4, -0.2) is 34.0 Å². The molecule has 0 radical (unpaired) electrons. The smallest absolute Gasteiger partial charge is 0.280 e. The van der Waals surface area contributed by atoms with Crippen LogP contribution in [0.3, 0.4) is 0 Å². The van der Waals surface area contributed by atoms with Gasteiger partial charge >= 0.3 is 0 Å². The number of carbonyl (C=O) groups is 1. The van der Waals surface area contributed by atoms with Crippen LogP contribution in [0.2, 0.25) is 0 Å². The van der Waals surface area contributed by atoms with E-state index in [0.29, 0.717) is 18.0 Å². The molecule has 0 atom stereocenters. The van der Waals surface area contributed by atoms with Gasteiger partial charge in [-0.25, -0.2) is 0 Å². The van der Waals surface area contributed by atoms with Crippen molar-refractivity contribution in [1.29, 1.82) is 0 Å². The highest BCUT2D eigenvalue weighted by atomic mass is 32.1. The van der Waals surface area contributed by atoms with Gasteiger partial charge in [0, 0.05) is 25.8 Å². The summed E-state index contributed by atoms with van der Waals surface area (Å²) < 4.78 is 7.95. The second kappa shape index (κ2) is 8.51. The second-order valence-electron chi connectivity index (χ2n) is 6.63. The first-order valence-corrected chi connectivity index (χ1v) is 9.65. The average molecular weight is 430 g/mol. The Morgan fingerprint density at radius 3 is 2.30 bits per heavy atom. The largest absolute Gasteiger partial charge is 0.383 e. The van der Waals surface area contributed by atoms with Crippen LogP contribution in [0.1, 0.15) is 21.5 Å². The number of thiazole rings is 1. The fourth-order valence-electron chi connectivity index (χ4n) is 3.08. The van der Waals surface area contributed by atoms with Crippen molar-refractivity contribution in [2.45, 2.75) is 20.4 Å². The number of benzene rings is 2. The highest BCUT2D eigenvalue weighted by Crippen LogP contribution is 2.25. The molecule has 0 saturated carbocycles. The molecule has 0 unspecified atom stereocenters. The lowest BCUT2D eigenvalue weighted by atomic mass is 10.1. The van der Waals surface area contributed by atoms with Gasteiger partial charge < -0.3 is 9.30 Å². The summed E-state index contributed by atoms with van der Waals surface area (Å²) in [5, 5.41) is 22.2. The van der Waals surface area contributed by atoms with Crippen LogP contribution in [0.4, 0.5) is 11.4 Å². The van der Waals surface area contributed by atoms with Gasteiger partial charge in [0.25, 0.3) is 17.3 Å². The molecule has 0 saturated heterocycles. The lowest BCUT2D eigenvalue weighted by Gasteiger charge is -2.06. The van der Waals surface area contributed by atoms with E-state index in [9.17, 15) is 25.0 Å². The van der Waals surface area contributed by atoms with Crippen LogP contribution in [0, 0.1) is 34.1 Å². The van der Waals surface area contributed by atoms with Crippen LogP contribution in [0.15, 0.2) is 35.3 Å². The zero-order valence-corrected chi connectivity index (χ0v) is 17.3. The number of nitrogens with zero attached hydrogens (tertiary/aromatic N) is 4. The zero-order chi connectivity index (χ0) is 22.0. The normalized spacial score (nSPS) is 11.8. The van der Waals surface area contributed by atoms with E-state index >= 15 is 0 Å². The zero-order valence-electron chi connectivity index (χ0n) is 16.4. The van der Waals surface area contributed by atoms with E-state index in [0.717, 1.165) is 39.5 Å². The molecule has 1 aromatic heterocycles. The molecule has 0 aliphatic carbocycles. The number of hydrogen-bond acceptors (Lipinski definition) is 7. The minimum Gasteiger partial charge on any atom is -0.383 e. The van der Waals surface area contributed by atoms with E-state index in [4.69, 9.17) is 4.74 Å². The molecule has 0 bridgehead atoms. The maximum absolute atomic E-state index is 12.8. The van der Waals surface area contributed by atoms with Gasteiger partial charge in [-0.15, -0.1) is 0 Å². The fourth-order valence-corrected chi connectivity index (χ4v) is 4.18. The maximum Gasteiger partial charge on any atom is 0.280 e. The number of ether oxygens (including phenoxy) is 1. The van der Waals surface area contributed by atoms with Crippen molar-refractivity contribution in [2.75, 3.05) is 13.7 Å². The molecule has 3 rings (SSSR count). The molecule has 10 nitrogen and oxygen atoms in total. The minimum atomic E-state index is -0.797. The number of nitro benzene ring substituents is 2. The van der Waals surface area contributed by atoms with Crippen molar-refractivity contribution in [3.8, 4) is 0 Å². The molecule has 2 aromatic carbocycles. The molecular weight excluding hydrogens is 412 g/mol. The lowest BCUT2D eigenvalue weighted by molar-refractivity contribution is -0.394. The predicted octanol–water partition coefficient (Wildman–Crippen LogP) is 3.52. The topological polar surface area (TPSA) is 130 Å². The third-order valence-electron chi connectivity index (χ3n) is 4.40. The van der Waals surface area contributed by atoms with Crippen molar-refractivity contribution in [1.82, 2.24) is 4.57 Å². The van der Waals surface area contributed by atoms with E-state index in [1.165, 1.54) is 11.3 Å². The number of hydrogen-bond donors (Lipinski definition) is 0. The summed E-state index contributed by atoms with van der Waals surface area (Å²) in [6.45, 7) is 4.76. The Morgan fingerprint density at radius 2 is 1.73 bits per heavy atom. The minimum absolute atomic E-state index is 0.223. The Kier molecular flexibility index (Phi) is 6.04. The fraction of sp³-hybridized carbons (Fsp3) is 0.263. The van der Waals surface area contributed by atoms with Gasteiger partial charge in [0.15, 0.2) is 4.80 Å². The van der Waals surface area contributed by atoms with Crippen LogP contribution < -0.4 is 4.80 Å². The van der Waals surface area contributed by atoms with Crippen molar-refractivity contribution in [2.24, 2.45) is 4.99 Å². The summed E-state index contributed by atoms with van der Waals surface area (Å²) in [6, 6.07) is 6.79. The predicted molar refractivity (Wildman–Crippen MR) is 111 cm³/mol. The Bertz CT molecular complexity index is 1210. The van der Waals surface area contributed by atoms with Gasteiger partial charge in [-0.1, -0.05) is 17.4 Å². The molecule has 156 valence electrons. The molecule has 0 aliphatic rings. The molecule has 1 amide bonds. The third-order valence-corrected chi connectivity index (χ3v) is 5.63. The number of fused-ring (bicyclic) bond motifs is 1. The monoisotopic (exact) mass is 430 g/mol. The first kappa shape index (κ1) is 21.3. The van der Waals surface area contributed by atoms with Gasteiger partial charge in [-0.05, 0) is 31.0 Å². The van der Waals surface area contributed by atoms with E-state index in [1.807, 2.05) is 30.5 Å². The highest BCUT2D eigenvalue weighted by Gasteiger charge is 2.20. The first-order valence-electron chi connectivity index (χ1n) is 8.83. The Labute approximate surface area is 174 Å². The van der Waals surface area contributed by atoms with Crippen LogP contribution in [0.5, 0.6) is 0 Å². The quantitative estimate of drug-likeness (QED) is 0.434. The van der Waals surface area contributed by atoms with E-state index in [1.54, 1.807) is 7.11 Å². The Hall–Kier alpha value is -3.44. The number of aromatic nitrogens is 1. The molecule has 0 aliphatic heterocycles.